The number of nitrogens with zero attached hydrogens (tertiary/aromatic N) is 7. The van der Waals surface area contributed by atoms with Crippen molar-refractivity contribution in [2.75, 3.05) is 18.8 Å². The Morgan fingerprint density at radius 1 is 0.952 bits per heavy atom. The minimum absolute atomic E-state index is 0.306. The van der Waals surface area contributed by atoms with E-state index in [1.165, 1.54) is 11.1 Å². The number of aromatic nitrogens is 6. The van der Waals surface area contributed by atoms with Crippen molar-refractivity contribution in [2.24, 2.45) is 5.92 Å². The van der Waals surface area contributed by atoms with Gasteiger partial charge in [-0.15, -0.1) is 0 Å². The number of nitrogens with two attached hydrogens (primary N) is 1. The Balaban J connectivity index is 1.11. The Bertz CT molecular complexity index is 1780. The number of piperidine rings is 1. The fourth-order valence-corrected chi connectivity index (χ4v) is 6.57. The van der Waals surface area contributed by atoms with Crippen molar-refractivity contribution >= 4 is 22.9 Å². The number of fused-ring (bicyclic) bond motifs is 2. The summed E-state index contributed by atoms with van der Waals surface area (Å²) >= 11 is 0. The van der Waals surface area contributed by atoms with Gasteiger partial charge in [0.25, 0.3) is 0 Å². The second-order valence-corrected chi connectivity index (χ2v) is 11.7. The van der Waals surface area contributed by atoms with E-state index >= 15 is 0 Å². The van der Waals surface area contributed by atoms with E-state index in [4.69, 9.17) is 15.7 Å². The second-order valence-electron chi connectivity index (χ2n) is 11.7. The van der Waals surface area contributed by atoms with Crippen LogP contribution in [0.4, 0.5) is 5.82 Å². The molecular formula is C32H33N9O. The number of imidazole rings is 1. The van der Waals surface area contributed by atoms with E-state index in [2.05, 4.69) is 43.1 Å². The molecule has 0 bridgehead atoms. The quantitative estimate of drug-likeness (QED) is 0.320. The van der Waals surface area contributed by atoms with E-state index in [0.717, 1.165) is 79.8 Å². The van der Waals surface area contributed by atoms with Crippen LogP contribution >= 0.6 is 0 Å². The summed E-state index contributed by atoms with van der Waals surface area (Å²) in [5.41, 5.74) is 12.3. The number of rotatable bonds is 6. The first-order chi connectivity index (χ1) is 20.6. The Kier molecular flexibility index (Phi) is 6.03. The second kappa shape index (κ2) is 10.1. The van der Waals surface area contributed by atoms with Gasteiger partial charge in [-0.05, 0) is 92.1 Å². The van der Waals surface area contributed by atoms with Crippen molar-refractivity contribution in [3.63, 3.8) is 0 Å². The number of pyridine rings is 2. The number of aryl methyl sites for hydroxylation is 1. The number of likely N-dealkylation sites (tertiary alicyclic amines) is 1. The third-order valence-electron chi connectivity index (χ3n) is 8.94. The molecule has 1 amide bonds. The van der Waals surface area contributed by atoms with E-state index in [-0.39, 0.29) is 0 Å². The molecule has 1 atom stereocenters. The van der Waals surface area contributed by atoms with E-state index in [0.29, 0.717) is 35.6 Å². The lowest BCUT2D eigenvalue weighted by Gasteiger charge is -2.34. The zero-order valence-electron chi connectivity index (χ0n) is 23.4. The number of benzene rings is 1. The molecule has 1 aliphatic heterocycles. The topological polar surface area (TPSA) is 120 Å². The highest BCUT2D eigenvalue weighted by atomic mass is 16.2. The van der Waals surface area contributed by atoms with Crippen molar-refractivity contribution in [1.82, 2.24) is 39.5 Å². The monoisotopic (exact) mass is 559 g/mol. The average Bonchev–Trinajstić information content (AvgIpc) is 3.39. The normalized spacial score (nSPS) is 19.0. The van der Waals surface area contributed by atoms with Crippen LogP contribution in [0.5, 0.6) is 0 Å². The molecule has 1 saturated heterocycles. The first-order valence-corrected chi connectivity index (χ1v) is 14.9. The van der Waals surface area contributed by atoms with E-state index in [1.807, 2.05) is 36.5 Å². The van der Waals surface area contributed by atoms with E-state index in [1.54, 1.807) is 17.1 Å². The van der Waals surface area contributed by atoms with Crippen molar-refractivity contribution in [1.29, 1.82) is 0 Å². The summed E-state index contributed by atoms with van der Waals surface area (Å²) in [7, 11) is 0. The van der Waals surface area contributed by atoms with Gasteiger partial charge in [-0.2, -0.15) is 5.10 Å². The predicted molar refractivity (Wildman–Crippen MR) is 160 cm³/mol. The van der Waals surface area contributed by atoms with Gasteiger partial charge in [-0.1, -0.05) is 6.07 Å². The highest BCUT2D eigenvalue weighted by Crippen LogP contribution is 2.37. The van der Waals surface area contributed by atoms with Crippen LogP contribution in [-0.4, -0.2) is 59.2 Å². The summed E-state index contributed by atoms with van der Waals surface area (Å²) in [6.07, 6.45) is 11.6. The van der Waals surface area contributed by atoms with Gasteiger partial charge in [0.1, 0.15) is 11.3 Å². The molecule has 0 radical (unpaired) electrons. The summed E-state index contributed by atoms with van der Waals surface area (Å²) in [6, 6.07) is 17.1. The standard InChI is InChI=1S/C32H33N9O/c33-29-25(3-1-14-34-29)30-37-27-10-11-28(40-16-2-15-35-40)38-31(27)41(30)23-7-8-24-21(19-23)6-9-26(24)36-22-12-17-39(18-13-22)32(42)20-4-5-20/h1-3,7-8,10-11,14-16,19-20,22,26,36H,4-6,9,12-13,17-18H2,(H2,33,34)/t26-/m0/s1. The molecule has 1 aromatic carbocycles. The maximum atomic E-state index is 12.5. The number of hydrogen-bond acceptors (Lipinski definition) is 7. The van der Waals surface area contributed by atoms with Gasteiger partial charge < -0.3 is 16.0 Å². The summed E-state index contributed by atoms with van der Waals surface area (Å²) in [6.45, 7) is 1.74. The van der Waals surface area contributed by atoms with Crippen LogP contribution in [-0.2, 0) is 11.2 Å². The molecule has 42 heavy (non-hydrogen) atoms. The summed E-state index contributed by atoms with van der Waals surface area (Å²) in [5.74, 6) is 2.53. The van der Waals surface area contributed by atoms with Gasteiger partial charge >= 0.3 is 0 Å². The van der Waals surface area contributed by atoms with Gasteiger partial charge in [-0.25, -0.2) is 19.6 Å². The lowest BCUT2D eigenvalue weighted by Crippen LogP contribution is -2.46. The Morgan fingerprint density at radius 3 is 2.62 bits per heavy atom. The fourth-order valence-electron chi connectivity index (χ4n) is 6.57. The van der Waals surface area contributed by atoms with Crippen LogP contribution in [0.15, 0.2) is 67.1 Å². The SMILES string of the molecule is Nc1ncccc1-c1nc2ccc(-n3cccn3)nc2n1-c1ccc2c(c1)CC[C@@H]2NC1CCN(C(=O)C2CC2)CC1. The lowest BCUT2D eigenvalue weighted by atomic mass is 10.0. The van der Waals surface area contributed by atoms with Gasteiger partial charge in [0.05, 0.1) is 5.56 Å². The molecule has 5 aromatic rings. The minimum Gasteiger partial charge on any atom is -0.383 e. The van der Waals surface area contributed by atoms with Crippen LogP contribution in [0.1, 0.15) is 49.3 Å². The molecule has 1 saturated carbocycles. The number of nitrogen functional groups attached to an aromatic ring is 1. The molecule has 3 aliphatic rings. The summed E-state index contributed by atoms with van der Waals surface area (Å²) in [5, 5.41) is 8.30. The molecule has 2 aliphatic carbocycles. The summed E-state index contributed by atoms with van der Waals surface area (Å²) in [4.78, 5) is 28.8. The number of carbonyl (C=O) groups excluding carboxylic acids is 1. The Hall–Kier alpha value is -4.57. The van der Waals surface area contributed by atoms with Crippen molar-refractivity contribution in [2.45, 2.75) is 50.6 Å². The van der Waals surface area contributed by atoms with Crippen molar-refractivity contribution in [3.8, 4) is 22.9 Å². The number of anilines is 1. The maximum absolute atomic E-state index is 12.5. The number of amides is 1. The van der Waals surface area contributed by atoms with Crippen LogP contribution in [0, 0.1) is 5.92 Å². The smallest absolute Gasteiger partial charge is 0.225 e. The number of hydrogen-bond donors (Lipinski definition) is 2. The summed E-state index contributed by atoms with van der Waals surface area (Å²) < 4.78 is 3.84. The fraction of sp³-hybridized carbons (Fsp3) is 0.344. The Morgan fingerprint density at radius 2 is 1.83 bits per heavy atom. The third kappa shape index (κ3) is 4.42. The molecule has 3 N–H and O–H groups in total. The zero-order valence-corrected chi connectivity index (χ0v) is 23.4. The molecule has 212 valence electrons. The lowest BCUT2D eigenvalue weighted by molar-refractivity contribution is -0.133. The van der Waals surface area contributed by atoms with E-state index < -0.39 is 0 Å². The molecule has 8 rings (SSSR count). The van der Waals surface area contributed by atoms with Gasteiger partial charge in [0.2, 0.25) is 5.91 Å². The van der Waals surface area contributed by atoms with Gasteiger partial charge in [-0.3, -0.25) is 9.36 Å². The molecular weight excluding hydrogens is 526 g/mol. The van der Waals surface area contributed by atoms with E-state index in [9.17, 15) is 4.79 Å². The molecule has 4 aromatic heterocycles. The minimum atomic E-state index is 0.306. The predicted octanol–water partition coefficient (Wildman–Crippen LogP) is 4.23. The highest BCUT2D eigenvalue weighted by molar-refractivity contribution is 5.83. The Labute approximate surface area is 243 Å². The first-order valence-electron chi connectivity index (χ1n) is 14.9. The molecule has 0 unspecified atom stereocenters. The third-order valence-corrected chi connectivity index (χ3v) is 8.94. The van der Waals surface area contributed by atoms with Gasteiger partial charge in [0, 0.05) is 55.4 Å². The van der Waals surface area contributed by atoms with Crippen LogP contribution < -0.4 is 11.1 Å². The number of carbonyl (C=O) groups is 1. The number of nitrogens with one attached hydrogen (secondary N) is 1. The van der Waals surface area contributed by atoms with Crippen molar-refractivity contribution < 1.29 is 4.79 Å². The largest absolute Gasteiger partial charge is 0.383 e. The molecule has 0 spiro atoms. The highest BCUT2D eigenvalue weighted by Gasteiger charge is 2.35. The first kappa shape index (κ1) is 25.2. The molecule has 2 fully saturated rings. The maximum Gasteiger partial charge on any atom is 0.225 e. The molecule has 10 nitrogen and oxygen atoms in total. The van der Waals surface area contributed by atoms with Crippen molar-refractivity contribution in [3.05, 3.63) is 78.2 Å². The molecule has 5 heterocycles. The van der Waals surface area contributed by atoms with Crippen LogP contribution in [0.3, 0.4) is 0 Å². The molecule has 10 heteroatoms. The zero-order chi connectivity index (χ0) is 28.2. The van der Waals surface area contributed by atoms with Crippen LogP contribution in [0.2, 0.25) is 0 Å². The average molecular weight is 560 g/mol. The van der Waals surface area contributed by atoms with Crippen LogP contribution in [0.25, 0.3) is 34.1 Å². The van der Waals surface area contributed by atoms with Gasteiger partial charge in [0.15, 0.2) is 17.3 Å².